The van der Waals surface area contributed by atoms with Gasteiger partial charge in [-0.25, -0.2) is 0 Å². The second kappa shape index (κ2) is 6.24. The van der Waals surface area contributed by atoms with Crippen molar-refractivity contribution in [2.24, 2.45) is 0 Å². The van der Waals surface area contributed by atoms with Gasteiger partial charge in [0.15, 0.2) is 0 Å². The fourth-order valence-electron chi connectivity index (χ4n) is 2.34. The summed E-state index contributed by atoms with van der Waals surface area (Å²) in [4.78, 5) is 0. The van der Waals surface area contributed by atoms with Crippen LogP contribution >= 0.6 is 7.92 Å². The van der Waals surface area contributed by atoms with Crippen molar-refractivity contribution in [1.82, 2.24) is 0 Å². The Kier molecular flexibility index (Phi) is 4.18. The fourth-order valence-corrected chi connectivity index (χ4v) is 4.53. The molecule has 103 valence electrons. The molecule has 3 aromatic rings. The quantitative estimate of drug-likeness (QED) is 0.642. The van der Waals surface area contributed by atoms with Gasteiger partial charge < -0.3 is 0 Å². The lowest BCUT2D eigenvalue weighted by Crippen LogP contribution is -2.20. The average Bonchev–Trinajstić information content (AvgIpc) is 2.52. The number of rotatable bonds is 3. The molecule has 1 radical (unpaired) electrons. The van der Waals surface area contributed by atoms with E-state index in [0.717, 1.165) is 0 Å². The normalized spacial score (nSPS) is 10.8. The van der Waals surface area contributed by atoms with Gasteiger partial charge in [0.05, 0.1) is 0 Å². The smallest absolute Gasteiger partial charge is 0.00724 e. The molecule has 3 rings (SSSR count). The van der Waals surface area contributed by atoms with Crippen LogP contribution in [0.3, 0.4) is 0 Å². The molecule has 0 aliphatic heterocycles. The molecule has 0 aromatic heterocycles. The minimum atomic E-state index is -0.526. The van der Waals surface area contributed by atoms with Gasteiger partial charge in [-0.2, -0.15) is 0 Å². The first-order chi connectivity index (χ1) is 10.2. The zero-order chi connectivity index (χ0) is 14.7. The lowest BCUT2D eigenvalue weighted by Gasteiger charge is -2.19. The Bertz CT molecular complexity index is 652. The van der Waals surface area contributed by atoms with Gasteiger partial charge in [-0.05, 0) is 43.7 Å². The largest absolute Gasteiger partial charge is 0.0616 e. The molecule has 3 aromatic carbocycles. The molecule has 0 saturated carbocycles. The van der Waals surface area contributed by atoms with E-state index in [1.807, 2.05) is 12.1 Å². The molecule has 0 aliphatic carbocycles. The summed E-state index contributed by atoms with van der Waals surface area (Å²) in [5, 5.41) is 4.03. The van der Waals surface area contributed by atoms with E-state index in [4.69, 9.17) is 0 Å². The van der Waals surface area contributed by atoms with Crippen LogP contribution in [0.4, 0.5) is 0 Å². The average molecular weight is 289 g/mol. The van der Waals surface area contributed by atoms with Crippen molar-refractivity contribution in [2.45, 2.75) is 13.8 Å². The summed E-state index contributed by atoms with van der Waals surface area (Å²) in [5.41, 5.74) is 2.60. The van der Waals surface area contributed by atoms with Crippen molar-refractivity contribution < 1.29 is 0 Å². The van der Waals surface area contributed by atoms with Crippen LogP contribution < -0.4 is 15.9 Å². The highest BCUT2D eigenvalue weighted by Crippen LogP contribution is 2.32. The van der Waals surface area contributed by atoms with E-state index in [0.29, 0.717) is 0 Å². The van der Waals surface area contributed by atoms with E-state index in [9.17, 15) is 0 Å². The van der Waals surface area contributed by atoms with Gasteiger partial charge in [0.25, 0.3) is 0 Å². The summed E-state index contributed by atoms with van der Waals surface area (Å²) in [6, 6.07) is 29.5. The van der Waals surface area contributed by atoms with E-state index in [1.165, 1.54) is 27.0 Å². The summed E-state index contributed by atoms with van der Waals surface area (Å²) in [6.07, 6.45) is 0. The maximum Gasteiger partial charge on any atom is -0.00724 e. The van der Waals surface area contributed by atoms with E-state index in [-0.39, 0.29) is 0 Å². The minimum absolute atomic E-state index is 0.526. The van der Waals surface area contributed by atoms with Gasteiger partial charge in [-0.3, -0.25) is 0 Å². The summed E-state index contributed by atoms with van der Waals surface area (Å²) in [7, 11) is -0.526. The molecule has 0 atom stereocenters. The summed E-state index contributed by atoms with van der Waals surface area (Å²) >= 11 is 0. The number of hydrogen-bond donors (Lipinski definition) is 0. The maximum atomic E-state index is 3.42. The van der Waals surface area contributed by atoms with Gasteiger partial charge in [-0.1, -0.05) is 83.9 Å². The van der Waals surface area contributed by atoms with Crippen LogP contribution in [-0.2, 0) is 0 Å². The Hall–Kier alpha value is -1.91. The van der Waals surface area contributed by atoms with Crippen molar-refractivity contribution in [1.29, 1.82) is 0 Å². The molecule has 0 fully saturated rings. The first-order valence-electron chi connectivity index (χ1n) is 7.14. The number of benzene rings is 3. The summed E-state index contributed by atoms with van der Waals surface area (Å²) in [6.45, 7) is 4.26. The Balaban J connectivity index is 2.11. The highest BCUT2D eigenvalue weighted by Gasteiger charge is 2.15. The minimum Gasteiger partial charge on any atom is -0.0616 e. The second-order valence-corrected chi connectivity index (χ2v) is 7.44. The molecule has 0 amide bonds. The van der Waals surface area contributed by atoms with E-state index in [1.54, 1.807) is 0 Å². The molecule has 0 heterocycles. The second-order valence-electron chi connectivity index (χ2n) is 5.25. The predicted octanol–water partition coefficient (Wildman–Crippen LogP) is 3.86. The Morgan fingerprint density at radius 3 is 1.62 bits per heavy atom. The van der Waals surface area contributed by atoms with E-state index >= 15 is 0 Å². The van der Waals surface area contributed by atoms with Gasteiger partial charge in [0, 0.05) is 0 Å². The maximum absolute atomic E-state index is 3.42. The first kappa shape index (κ1) is 14.0. The summed E-state index contributed by atoms with van der Waals surface area (Å²) < 4.78 is 0. The van der Waals surface area contributed by atoms with Crippen LogP contribution in [0.1, 0.15) is 11.1 Å². The topological polar surface area (TPSA) is 0 Å². The zero-order valence-corrected chi connectivity index (χ0v) is 13.3. The molecule has 0 spiro atoms. The van der Waals surface area contributed by atoms with Crippen LogP contribution in [-0.4, -0.2) is 0 Å². The Morgan fingerprint density at radius 1 is 0.667 bits per heavy atom. The Morgan fingerprint density at radius 2 is 1.19 bits per heavy atom. The molecule has 1 heteroatoms. The molecule has 0 unspecified atom stereocenters. The van der Waals surface area contributed by atoms with Crippen LogP contribution in [0, 0.1) is 19.9 Å². The lowest BCUT2D eigenvalue weighted by molar-refractivity contribution is 1.49. The van der Waals surface area contributed by atoms with E-state index < -0.39 is 7.92 Å². The molecule has 21 heavy (non-hydrogen) atoms. The van der Waals surface area contributed by atoms with Crippen LogP contribution in [0.15, 0.2) is 72.8 Å². The number of hydrogen-bond acceptors (Lipinski definition) is 0. The van der Waals surface area contributed by atoms with Crippen molar-refractivity contribution in [3.05, 3.63) is 90.0 Å². The molecular formula is C20H18P. The fraction of sp³-hybridized carbons (Fsp3) is 0.100. The zero-order valence-electron chi connectivity index (χ0n) is 12.4. The molecule has 0 saturated heterocycles. The Labute approximate surface area is 128 Å². The third-order valence-electron chi connectivity index (χ3n) is 3.52. The van der Waals surface area contributed by atoms with Crippen molar-refractivity contribution in [3.8, 4) is 0 Å². The third kappa shape index (κ3) is 3.23. The van der Waals surface area contributed by atoms with Crippen LogP contribution in [0.5, 0.6) is 0 Å². The monoisotopic (exact) mass is 289 g/mol. The lowest BCUT2D eigenvalue weighted by atomic mass is 10.2. The van der Waals surface area contributed by atoms with Crippen molar-refractivity contribution in [2.75, 3.05) is 0 Å². The highest BCUT2D eigenvalue weighted by atomic mass is 31.1. The van der Waals surface area contributed by atoms with Crippen LogP contribution in [0.25, 0.3) is 0 Å². The van der Waals surface area contributed by atoms with Gasteiger partial charge in [-0.15, -0.1) is 0 Å². The van der Waals surface area contributed by atoms with Crippen LogP contribution in [0.2, 0.25) is 0 Å². The highest BCUT2D eigenvalue weighted by molar-refractivity contribution is 7.79. The van der Waals surface area contributed by atoms with Gasteiger partial charge in [0.2, 0.25) is 0 Å². The summed E-state index contributed by atoms with van der Waals surface area (Å²) in [5.74, 6) is 0. The standard InChI is InChI=1S/C20H18P/c1-16-8-12-19(13-9-16)21(18-6-4-3-5-7-18)20-14-10-17(2)11-15-20/h3-6,8-15H,1-2H3. The van der Waals surface area contributed by atoms with E-state index in [2.05, 4.69) is 80.6 Å². The molecule has 0 aliphatic rings. The molecule has 0 N–H and O–H groups in total. The predicted molar refractivity (Wildman–Crippen MR) is 93.5 cm³/mol. The van der Waals surface area contributed by atoms with Crippen molar-refractivity contribution >= 4 is 23.8 Å². The first-order valence-corrected chi connectivity index (χ1v) is 8.48. The third-order valence-corrected chi connectivity index (χ3v) is 5.91. The van der Waals surface area contributed by atoms with Crippen molar-refractivity contribution in [3.63, 3.8) is 0 Å². The van der Waals surface area contributed by atoms with Gasteiger partial charge in [0.1, 0.15) is 0 Å². The molecular weight excluding hydrogens is 271 g/mol. The molecule has 0 bridgehead atoms. The molecule has 0 nitrogen and oxygen atoms in total. The van der Waals surface area contributed by atoms with Gasteiger partial charge >= 0.3 is 0 Å². The number of aryl methyl sites for hydroxylation is 2. The SMILES string of the molecule is Cc1ccc(P(c2[c]cccc2)c2ccc(C)cc2)cc1.